The lowest BCUT2D eigenvalue weighted by molar-refractivity contribution is -0.118. The van der Waals surface area contributed by atoms with E-state index in [1.54, 1.807) is 0 Å². The van der Waals surface area contributed by atoms with E-state index in [9.17, 15) is 9.18 Å². The van der Waals surface area contributed by atoms with E-state index < -0.39 is 5.82 Å². The molecule has 1 amide bonds. The molecule has 0 spiro atoms. The second kappa shape index (κ2) is 5.02. The standard InChI is InChI=1S/C12H14ClFN2O/c1-7-2-3-15-11(7)12(17)16-10-5-8(13)4-9(14)6-10/h4-7,11,15H,2-3H2,1H3,(H,16,17). The van der Waals surface area contributed by atoms with Crippen LogP contribution in [0.25, 0.3) is 0 Å². The average molecular weight is 257 g/mol. The Hall–Kier alpha value is -1.13. The van der Waals surface area contributed by atoms with E-state index in [4.69, 9.17) is 11.6 Å². The third kappa shape index (κ3) is 2.96. The average Bonchev–Trinajstić information content (AvgIpc) is 2.62. The summed E-state index contributed by atoms with van der Waals surface area (Å²) in [6.07, 6.45) is 0.974. The van der Waals surface area contributed by atoms with Gasteiger partial charge in [0.2, 0.25) is 5.91 Å². The molecule has 0 bridgehead atoms. The summed E-state index contributed by atoms with van der Waals surface area (Å²) in [5.74, 6) is -0.309. The number of amides is 1. The fraction of sp³-hybridized carbons (Fsp3) is 0.417. The zero-order valence-electron chi connectivity index (χ0n) is 9.47. The highest BCUT2D eigenvalue weighted by Crippen LogP contribution is 2.20. The fourth-order valence-electron chi connectivity index (χ4n) is 2.03. The molecule has 1 aliphatic rings. The van der Waals surface area contributed by atoms with Crippen LogP contribution in [0.4, 0.5) is 10.1 Å². The molecule has 0 radical (unpaired) electrons. The first-order chi connectivity index (χ1) is 8.06. The van der Waals surface area contributed by atoms with Gasteiger partial charge in [-0.25, -0.2) is 4.39 Å². The van der Waals surface area contributed by atoms with Crippen molar-refractivity contribution in [2.24, 2.45) is 5.92 Å². The van der Waals surface area contributed by atoms with Crippen LogP contribution in [0.2, 0.25) is 5.02 Å². The van der Waals surface area contributed by atoms with Crippen molar-refractivity contribution in [2.75, 3.05) is 11.9 Å². The minimum absolute atomic E-state index is 0.142. The number of carbonyl (C=O) groups is 1. The van der Waals surface area contributed by atoms with Gasteiger partial charge in [-0.3, -0.25) is 4.79 Å². The smallest absolute Gasteiger partial charge is 0.241 e. The minimum atomic E-state index is -0.458. The largest absolute Gasteiger partial charge is 0.325 e. The molecule has 2 unspecified atom stereocenters. The van der Waals surface area contributed by atoms with Crippen LogP contribution in [0.1, 0.15) is 13.3 Å². The van der Waals surface area contributed by atoms with Crippen molar-refractivity contribution in [3.8, 4) is 0 Å². The maximum atomic E-state index is 13.1. The minimum Gasteiger partial charge on any atom is -0.325 e. The summed E-state index contributed by atoms with van der Waals surface area (Å²) in [5.41, 5.74) is 0.390. The summed E-state index contributed by atoms with van der Waals surface area (Å²) in [5, 5.41) is 6.06. The summed E-state index contributed by atoms with van der Waals surface area (Å²) in [6, 6.07) is 3.77. The summed E-state index contributed by atoms with van der Waals surface area (Å²) >= 11 is 5.71. The summed E-state index contributed by atoms with van der Waals surface area (Å²) in [7, 11) is 0. The highest BCUT2D eigenvalue weighted by atomic mass is 35.5. The van der Waals surface area contributed by atoms with Gasteiger partial charge in [0.25, 0.3) is 0 Å². The highest BCUT2D eigenvalue weighted by Gasteiger charge is 2.29. The van der Waals surface area contributed by atoms with E-state index in [2.05, 4.69) is 10.6 Å². The maximum absolute atomic E-state index is 13.1. The van der Waals surface area contributed by atoms with Gasteiger partial charge in [0.15, 0.2) is 0 Å². The zero-order valence-corrected chi connectivity index (χ0v) is 10.2. The molecule has 1 aliphatic heterocycles. The lowest BCUT2D eigenvalue weighted by atomic mass is 10.0. The molecule has 3 nitrogen and oxygen atoms in total. The van der Waals surface area contributed by atoms with Crippen LogP contribution in [-0.2, 0) is 4.79 Å². The highest BCUT2D eigenvalue weighted by molar-refractivity contribution is 6.30. The van der Waals surface area contributed by atoms with Gasteiger partial charge in [-0.05, 0) is 37.1 Å². The molecular weight excluding hydrogens is 243 g/mol. The predicted molar refractivity (Wildman–Crippen MR) is 65.6 cm³/mol. The fourth-order valence-corrected chi connectivity index (χ4v) is 2.25. The molecule has 2 rings (SSSR count). The normalized spacial score (nSPS) is 23.7. The Balaban J connectivity index is 2.07. The van der Waals surface area contributed by atoms with Gasteiger partial charge in [0.1, 0.15) is 5.82 Å². The number of hydrogen-bond acceptors (Lipinski definition) is 2. The number of nitrogens with one attached hydrogen (secondary N) is 2. The monoisotopic (exact) mass is 256 g/mol. The Morgan fingerprint density at radius 1 is 1.53 bits per heavy atom. The number of rotatable bonds is 2. The molecule has 5 heteroatoms. The molecule has 0 saturated carbocycles. The quantitative estimate of drug-likeness (QED) is 0.853. The first kappa shape index (κ1) is 12.3. The van der Waals surface area contributed by atoms with Gasteiger partial charge in [0.05, 0.1) is 6.04 Å². The third-order valence-corrected chi connectivity index (χ3v) is 3.16. The van der Waals surface area contributed by atoms with Gasteiger partial charge >= 0.3 is 0 Å². The first-order valence-electron chi connectivity index (χ1n) is 5.56. The topological polar surface area (TPSA) is 41.1 Å². The molecule has 0 aliphatic carbocycles. The van der Waals surface area contributed by atoms with Crippen molar-refractivity contribution >= 4 is 23.2 Å². The first-order valence-corrected chi connectivity index (χ1v) is 5.94. The van der Waals surface area contributed by atoms with Crippen LogP contribution in [0.3, 0.4) is 0 Å². The molecule has 92 valence electrons. The van der Waals surface area contributed by atoms with Crippen molar-refractivity contribution in [1.82, 2.24) is 5.32 Å². The Morgan fingerprint density at radius 3 is 2.88 bits per heavy atom. The molecule has 1 aromatic carbocycles. The Kier molecular flexibility index (Phi) is 3.64. The third-order valence-electron chi connectivity index (χ3n) is 2.95. The van der Waals surface area contributed by atoms with Gasteiger partial charge in [-0.2, -0.15) is 0 Å². The summed E-state index contributed by atoms with van der Waals surface area (Å²) < 4.78 is 13.1. The molecule has 1 heterocycles. The molecule has 2 N–H and O–H groups in total. The van der Waals surface area contributed by atoms with Crippen LogP contribution >= 0.6 is 11.6 Å². The van der Waals surface area contributed by atoms with Crippen LogP contribution in [0.5, 0.6) is 0 Å². The van der Waals surface area contributed by atoms with Crippen molar-refractivity contribution < 1.29 is 9.18 Å². The van der Waals surface area contributed by atoms with E-state index >= 15 is 0 Å². The van der Waals surface area contributed by atoms with E-state index in [-0.39, 0.29) is 17.0 Å². The van der Waals surface area contributed by atoms with Crippen LogP contribution in [0.15, 0.2) is 18.2 Å². The van der Waals surface area contributed by atoms with E-state index in [1.807, 2.05) is 6.92 Å². The van der Waals surface area contributed by atoms with Crippen molar-refractivity contribution in [2.45, 2.75) is 19.4 Å². The Labute approximate surface area is 104 Å². The van der Waals surface area contributed by atoms with E-state index in [0.717, 1.165) is 13.0 Å². The van der Waals surface area contributed by atoms with Crippen molar-refractivity contribution in [3.63, 3.8) is 0 Å². The molecular formula is C12H14ClFN2O. The number of hydrogen-bond donors (Lipinski definition) is 2. The number of carbonyl (C=O) groups excluding carboxylic acids is 1. The van der Waals surface area contributed by atoms with Gasteiger partial charge in [0, 0.05) is 10.7 Å². The zero-order chi connectivity index (χ0) is 12.4. The molecule has 1 fully saturated rings. The second-order valence-corrected chi connectivity index (χ2v) is 4.78. The van der Waals surface area contributed by atoms with E-state index in [1.165, 1.54) is 18.2 Å². The SMILES string of the molecule is CC1CCNC1C(=O)Nc1cc(F)cc(Cl)c1. The van der Waals surface area contributed by atoms with Crippen molar-refractivity contribution in [1.29, 1.82) is 0 Å². The molecule has 17 heavy (non-hydrogen) atoms. The Morgan fingerprint density at radius 2 is 2.29 bits per heavy atom. The van der Waals surface area contributed by atoms with Crippen LogP contribution in [-0.4, -0.2) is 18.5 Å². The Bertz CT molecular complexity index is 418. The summed E-state index contributed by atoms with van der Waals surface area (Å²) in [6.45, 7) is 2.85. The summed E-state index contributed by atoms with van der Waals surface area (Å²) in [4.78, 5) is 11.9. The predicted octanol–water partition coefficient (Wildman–Crippen LogP) is 2.42. The lowest BCUT2D eigenvalue weighted by Crippen LogP contribution is -2.39. The van der Waals surface area contributed by atoms with Gasteiger partial charge in [-0.1, -0.05) is 18.5 Å². The number of halogens is 2. The van der Waals surface area contributed by atoms with Crippen LogP contribution in [0, 0.1) is 11.7 Å². The van der Waals surface area contributed by atoms with Gasteiger partial charge in [-0.15, -0.1) is 0 Å². The number of benzene rings is 1. The second-order valence-electron chi connectivity index (χ2n) is 4.35. The van der Waals surface area contributed by atoms with Gasteiger partial charge < -0.3 is 10.6 Å². The lowest BCUT2D eigenvalue weighted by Gasteiger charge is -2.15. The number of anilines is 1. The molecule has 1 saturated heterocycles. The van der Waals surface area contributed by atoms with Crippen molar-refractivity contribution in [3.05, 3.63) is 29.0 Å². The molecule has 2 atom stereocenters. The maximum Gasteiger partial charge on any atom is 0.241 e. The van der Waals surface area contributed by atoms with Crippen LogP contribution < -0.4 is 10.6 Å². The molecule has 1 aromatic rings. The molecule has 0 aromatic heterocycles. The van der Waals surface area contributed by atoms with E-state index in [0.29, 0.717) is 11.6 Å².